The van der Waals surface area contributed by atoms with Gasteiger partial charge in [0.25, 0.3) is 5.91 Å². The fourth-order valence-corrected chi connectivity index (χ4v) is 1.40. The zero-order chi connectivity index (χ0) is 14.3. The Bertz CT molecular complexity index is 424. The van der Waals surface area contributed by atoms with E-state index in [-0.39, 0.29) is 17.9 Å². The van der Waals surface area contributed by atoms with E-state index in [2.05, 4.69) is 17.2 Å². The van der Waals surface area contributed by atoms with Gasteiger partial charge in [-0.15, -0.1) is 6.58 Å². The van der Waals surface area contributed by atoms with E-state index in [1.54, 1.807) is 18.2 Å². The molecule has 104 valence electrons. The molecule has 0 radical (unpaired) electrons. The molecule has 3 N–H and O–H groups in total. The highest BCUT2D eigenvalue weighted by Gasteiger charge is 2.15. The van der Waals surface area contributed by atoms with Crippen molar-refractivity contribution in [3.05, 3.63) is 42.5 Å². The molecule has 0 heterocycles. The lowest BCUT2D eigenvalue weighted by Gasteiger charge is -2.22. The zero-order valence-corrected chi connectivity index (χ0v) is 11.6. The molecule has 0 aliphatic rings. The second kappa shape index (κ2) is 6.95. The van der Waals surface area contributed by atoms with Crippen LogP contribution < -0.4 is 10.6 Å². The number of hydrogen-bond donors (Lipinski definition) is 3. The van der Waals surface area contributed by atoms with E-state index >= 15 is 0 Å². The third-order valence-corrected chi connectivity index (χ3v) is 2.75. The molecular weight excluding hydrogens is 240 g/mol. The van der Waals surface area contributed by atoms with Crippen LogP contribution in [0.4, 0.5) is 5.69 Å². The van der Waals surface area contributed by atoms with Crippen LogP contribution >= 0.6 is 0 Å². The van der Waals surface area contributed by atoms with Crippen LogP contribution in [0.2, 0.25) is 0 Å². The minimum absolute atomic E-state index is 0.109. The number of aliphatic hydroxyl groups excluding tert-OH is 1. The Labute approximate surface area is 114 Å². The lowest BCUT2D eigenvalue weighted by molar-refractivity contribution is 0.0958. The summed E-state index contributed by atoms with van der Waals surface area (Å²) in [5.41, 5.74) is 1.38. The Hall–Kier alpha value is -1.81. The van der Waals surface area contributed by atoms with Crippen molar-refractivity contribution in [2.45, 2.75) is 13.8 Å². The zero-order valence-electron chi connectivity index (χ0n) is 11.6. The van der Waals surface area contributed by atoms with Crippen LogP contribution in [0.15, 0.2) is 36.9 Å². The topological polar surface area (TPSA) is 61.4 Å². The number of rotatable bonds is 7. The molecule has 4 heteroatoms. The van der Waals surface area contributed by atoms with Crippen LogP contribution in [0.25, 0.3) is 0 Å². The van der Waals surface area contributed by atoms with Crippen LogP contribution in [0.3, 0.4) is 0 Å². The van der Waals surface area contributed by atoms with E-state index in [0.717, 1.165) is 5.69 Å². The average Bonchev–Trinajstić information content (AvgIpc) is 2.43. The maximum absolute atomic E-state index is 11.7. The van der Waals surface area contributed by atoms with Crippen LogP contribution in [0, 0.1) is 5.41 Å². The molecule has 0 unspecified atom stereocenters. The smallest absolute Gasteiger partial charge is 0.251 e. The molecule has 0 aromatic heterocycles. The minimum atomic E-state index is -0.167. The summed E-state index contributed by atoms with van der Waals surface area (Å²) < 4.78 is 0. The number of benzene rings is 1. The summed E-state index contributed by atoms with van der Waals surface area (Å²) in [5, 5.41) is 15.1. The van der Waals surface area contributed by atoms with Gasteiger partial charge in [0.1, 0.15) is 0 Å². The molecule has 0 aliphatic heterocycles. The predicted octanol–water partition coefficient (Wildman–Crippen LogP) is 2.03. The Morgan fingerprint density at radius 1 is 1.37 bits per heavy atom. The van der Waals surface area contributed by atoms with Gasteiger partial charge in [-0.2, -0.15) is 0 Å². The maximum atomic E-state index is 11.7. The first-order valence-corrected chi connectivity index (χ1v) is 6.32. The van der Waals surface area contributed by atoms with Gasteiger partial charge in [-0.05, 0) is 24.3 Å². The van der Waals surface area contributed by atoms with Crippen molar-refractivity contribution in [3.63, 3.8) is 0 Å². The molecule has 1 amide bonds. The van der Waals surface area contributed by atoms with Gasteiger partial charge in [-0.3, -0.25) is 4.79 Å². The van der Waals surface area contributed by atoms with Gasteiger partial charge in [0.2, 0.25) is 0 Å². The number of nitrogens with one attached hydrogen (secondary N) is 2. The summed E-state index contributed by atoms with van der Waals surface area (Å²) in [7, 11) is 0. The molecule has 0 spiro atoms. The molecule has 19 heavy (non-hydrogen) atoms. The Morgan fingerprint density at radius 3 is 2.53 bits per heavy atom. The molecule has 0 saturated carbocycles. The van der Waals surface area contributed by atoms with Gasteiger partial charge in [-0.25, -0.2) is 0 Å². The lowest BCUT2D eigenvalue weighted by atomic mass is 9.95. The molecule has 4 nitrogen and oxygen atoms in total. The fourth-order valence-electron chi connectivity index (χ4n) is 1.40. The number of carbonyl (C=O) groups excluding carboxylic acids is 1. The summed E-state index contributed by atoms with van der Waals surface area (Å²) in [4.78, 5) is 11.7. The van der Waals surface area contributed by atoms with Gasteiger partial charge in [-0.1, -0.05) is 19.9 Å². The van der Waals surface area contributed by atoms with Crippen molar-refractivity contribution in [2.75, 3.05) is 25.0 Å². The SMILES string of the molecule is C=CCNC(=O)c1ccc(NCC(C)(C)CO)cc1. The maximum Gasteiger partial charge on any atom is 0.251 e. The lowest BCUT2D eigenvalue weighted by Crippen LogP contribution is -2.26. The second-order valence-corrected chi connectivity index (χ2v) is 5.25. The quantitative estimate of drug-likeness (QED) is 0.659. The highest BCUT2D eigenvalue weighted by Crippen LogP contribution is 2.16. The molecule has 1 rings (SSSR count). The molecule has 0 atom stereocenters. The highest BCUT2D eigenvalue weighted by atomic mass is 16.3. The molecule has 0 aliphatic carbocycles. The largest absolute Gasteiger partial charge is 0.396 e. The highest BCUT2D eigenvalue weighted by molar-refractivity contribution is 5.94. The summed E-state index contributed by atoms with van der Waals surface area (Å²) >= 11 is 0. The van der Waals surface area contributed by atoms with Gasteiger partial charge < -0.3 is 15.7 Å². The number of carbonyl (C=O) groups is 1. The monoisotopic (exact) mass is 262 g/mol. The number of hydrogen-bond acceptors (Lipinski definition) is 3. The molecular formula is C15H22N2O2. The van der Waals surface area contributed by atoms with Crippen LogP contribution in [-0.4, -0.2) is 30.7 Å². The average molecular weight is 262 g/mol. The first kappa shape index (κ1) is 15.2. The fraction of sp³-hybridized carbons (Fsp3) is 0.400. The molecule has 0 saturated heterocycles. The molecule has 1 aromatic rings. The van der Waals surface area contributed by atoms with Gasteiger partial charge in [0, 0.05) is 36.4 Å². The standard InChI is InChI=1S/C15H22N2O2/c1-4-9-16-14(19)12-5-7-13(8-6-12)17-10-15(2,3)11-18/h4-8,17-18H,1,9-11H2,2-3H3,(H,16,19). The number of anilines is 1. The van der Waals surface area contributed by atoms with Gasteiger partial charge >= 0.3 is 0 Å². The molecule has 0 bridgehead atoms. The van der Waals surface area contributed by atoms with Gasteiger partial charge in [0.05, 0.1) is 0 Å². The van der Waals surface area contributed by atoms with E-state index in [9.17, 15) is 9.90 Å². The van der Waals surface area contributed by atoms with E-state index in [1.165, 1.54) is 0 Å². The Kier molecular flexibility index (Phi) is 5.57. The van der Waals surface area contributed by atoms with E-state index in [0.29, 0.717) is 18.7 Å². The van der Waals surface area contributed by atoms with Crippen molar-refractivity contribution in [1.82, 2.24) is 5.32 Å². The minimum Gasteiger partial charge on any atom is -0.396 e. The first-order chi connectivity index (χ1) is 8.98. The third-order valence-electron chi connectivity index (χ3n) is 2.75. The third kappa shape index (κ3) is 5.14. The van der Waals surface area contributed by atoms with Crippen molar-refractivity contribution in [3.8, 4) is 0 Å². The second-order valence-electron chi connectivity index (χ2n) is 5.25. The van der Waals surface area contributed by atoms with E-state index in [4.69, 9.17) is 0 Å². The van der Waals surface area contributed by atoms with Crippen molar-refractivity contribution >= 4 is 11.6 Å². The summed E-state index contributed by atoms with van der Waals surface area (Å²) in [6, 6.07) is 7.26. The predicted molar refractivity (Wildman–Crippen MR) is 78.3 cm³/mol. The van der Waals surface area contributed by atoms with Gasteiger partial charge in [0.15, 0.2) is 0 Å². The number of aliphatic hydroxyl groups is 1. The van der Waals surface area contributed by atoms with Crippen LogP contribution in [0.5, 0.6) is 0 Å². The van der Waals surface area contributed by atoms with Crippen molar-refractivity contribution in [2.24, 2.45) is 5.41 Å². The normalized spacial score (nSPS) is 10.9. The Balaban J connectivity index is 2.56. The molecule has 0 fully saturated rings. The van der Waals surface area contributed by atoms with E-state index in [1.807, 2.05) is 26.0 Å². The van der Waals surface area contributed by atoms with Crippen LogP contribution in [0.1, 0.15) is 24.2 Å². The van der Waals surface area contributed by atoms with Crippen LogP contribution in [-0.2, 0) is 0 Å². The summed E-state index contributed by atoms with van der Waals surface area (Å²) in [5.74, 6) is -0.109. The summed E-state index contributed by atoms with van der Waals surface area (Å²) in [6.45, 7) is 8.78. The first-order valence-electron chi connectivity index (χ1n) is 6.32. The molecule has 1 aromatic carbocycles. The Morgan fingerprint density at radius 2 is 2.00 bits per heavy atom. The number of amides is 1. The summed E-state index contributed by atoms with van der Waals surface area (Å²) in [6.07, 6.45) is 1.64. The van der Waals surface area contributed by atoms with Crippen molar-refractivity contribution in [1.29, 1.82) is 0 Å². The van der Waals surface area contributed by atoms with E-state index < -0.39 is 0 Å². The van der Waals surface area contributed by atoms with Crippen molar-refractivity contribution < 1.29 is 9.90 Å².